The minimum Gasteiger partial charge on any atom is -0.396 e. The smallest absolute Gasteiger partial charge is 0.255 e. The highest BCUT2D eigenvalue weighted by Crippen LogP contribution is 2.08. The fourth-order valence-electron chi connectivity index (χ4n) is 1.66. The van der Waals surface area contributed by atoms with Crippen molar-refractivity contribution in [2.75, 3.05) is 20.2 Å². The van der Waals surface area contributed by atoms with E-state index in [2.05, 4.69) is 4.98 Å². The van der Waals surface area contributed by atoms with Crippen molar-refractivity contribution in [2.45, 2.75) is 26.2 Å². The van der Waals surface area contributed by atoms with Crippen LogP contribution in [0.15, 0.2) is 18.3 Å². The Morgan fingerprint density at radius 3 is 2.82 bits per heavy atom. The van der Waals surface area contributed by atoms with Crippen molar-refractivity contribution < 1.29 is 9.90 Å². The molecular weight excluding hydrogens is 216 g/mol. The van der Waals surface area contributed by atoms with Crippen LogP contribution in [0.2, 0.25) is 0 Å². The van der Waals surface area contributed by atoms with Crippen LogP contribution < -0.4 is 0 Å². The summed E-state index contributed by atoms with van der Waals surface area (Å²) in [5, 5.41) is 8.67. The summed E-state index contributed by atoms with van der Waals surface area (Å²) in [6.45, 7) is 2.78. The van der Waals surface area contributed by atoms with Gasteiger partial charge in [-0.2, -0.15) is 0 Å². The predicted octanol–water partition coefficient (Wildman–Crippen LogP) is 1.62. The molecule has 1 N–H and O–H groups in total. The number of hydrogen-bond acceptors (Lipinski definition) is 3. The normalized spacial score (nSPS) is 10.3. The third-order valence-electron chi connectivity index (χ3n) is 2.74. The lowest BCUT2D eigenvalue weighted by Crippen LogP contribution is -2.28. The zero-order chi connectivity index (χ0) is 12.7. The Morgan fingerprint density at radius 2 is 2.18 bits per heavy atom. The minimum absolute atomic E-state index is 0.0135. The molecule has 0 radical (unpaired) electrons. The van der Waals surface area contributed by atoms with Gasteiger partial charge in [-0.05, 0) is 38.3 Å². The number of carbonyl (C=O) groups excluding carboxylic acids is 1. The van der Waals surface area contributed by atoms with Crippen LogP contribution in [0.5, 0.6) is 0 Å². The Hall–Kier alpha value is -1.42. The Morgan fingerprint density at radius 1 is 1.41 bits per heavy atom. The molecule has 1 rings (SSSR count). The molecule has 1 aromatic rings. The number of aliphatic hydroxyl groups is 1. The van der Waals surface area contributed by atoms with Crippen molar-refractivity contribution in [1.29, 1.82) is 0 Å². The molecule has 0 bridgehead atoms. The fraction of sp³-hybridized carbons (Fsp3) is 0.538. The molecule has 1 heterocycles. The van der Waals surface area contributed by atoms with E-state index in [1.165, 1.54) is 0 Å². The van der Waals surface area contributed by atoms with Crippen LogP contribution in [0.3, 0.4) is 0 Å². The van der Waals surface area contributed by atoms with Gasteiger partial charge in [-0.1, -0.05) is 0 Å². The molecule has 17 heavy (non-hydrogen) atoms. The van der Waals surface area contributed by atoms with Crippen LogP contribution in [0, 0.1) is 6.92 Å². The van der Waals surface area contributed by atoms with Crippen molar-refractivity contribution in [3.05, 3.63) is 29.6 Å². The van der Waals surface area contributed by atoms with Crippen molar-refractivity contribution in [3.8, 4) is 0 Å². The maximum absolute atomic E-state index is 12.1. The maximum Gasteiger partial charge on any atom is 0.255 e. The lowest BCUT2D eigenvalue weighted by atomic mass is 10.1. The van der Waals surface area contributed by atoms with Gasteiger partial charge in [0.1, 0.15) is 0 Å². The van der Waals surface area contributed by atoms with Gasteiger partial charge < -0.3 is 10.0 Å². The molecule has 0 aliphatic rings. The van der Waals surface area contributed by atoms with Crippen molar-refractivity contribution in [3.63, 3.8) is 0 Å². The molecule has 0 spiro atoms. The van der Waals surface area contributed by atoms with Gasteiger partial charge in [0.05, 0.1) is 5.56 Å². The van der Waals surface area contributed by atoms with E-state index in [-0.39, 0.29) is 12.5 Å². The number of hydrogen-bond donors (Lipinski definition) is 1. The molecule has 0 saturated heterocycles. The zero-order valence-corrected chi connectivity index (χ0v) is 10.5. The first-order valence-corrected chi connectivity index (χ1v) is 5.94. The fourth-order valence-corrected chi connectivity index (χ4v) is 1.66. The van der Waals surface area contributed by atoms with Crippen LogP contribution >= 0.6 is 0 Å². The first-order chi connectivity index (χ1) is 8.16. The quantitative estimate of drug-likeness (QED) is 0.764. The van der Waals surface area contributed by atoms with E-state index in [0.29, 0.717) is 12.1 Å². The molecule has 1 aromatic heterocycles. The van der Waals surface area contributed by atoms with Gasteiger partial charge in [0.2, 0.25) is 0 Å². The lowest BCUT2D eigenvalue weighted by molar-refractivity contribution is 0.0791. The molecule has 0 aromatic carbocycles. The van der Waals surface area contributed by atoms with E-state index < -0.39 is 0 Å². The summed E-state index contributed by atoms with van der Waals surface area (Å²) in [5.74, 6) is 0.0135. The van der Waals surface area contributed by atoms with Gasteiger partial charge in [-0.3, -0.25) is 9.78 Å². The highest BCUT2D eigenvalue weighted by molar-refractivity contribution is 5.94. The van der Waals surface area contributed by atoms with Crippen LogP contribution in [0.1, 0.15) is 35.3 Å². The Kier molecular flexibility index (Phi) is 5.63. The summed E-state index contributed by atoms with van der Waals surface area (Å²) in [4.78, 5) is 17.9. The Bertz CT molecular complexity index is 366. The molecule has 1 amide bonds. The monoisotopic (exact) mass is 236 g/mol. The molecule has 0 aliphatic heterocycles. The van der Waals surface area contributed by atoms with E-state index in [1.807, 2.05) is 6.92 Å². The SMILES string of the molecule is Cc1ncccc1C(=O)N(C)CCCCCO. The molecule has 0 atom stereocenters. The molecule has 0 fully saturated rings. The molecule has 4 nitrogen and oxygen atoms in total. The Balaban J connectivity index is 2.49. The number of carbonyl (C=O) groups is 1. The van der Waals surface area contributed by atoms with Gasteiger partial charge in [0.25, 0.3) is 5.91 Å². The van der Waals surface area contributed by atoms with Gasteiger partial charge in [0.15, 0.2) is 0 Å². The molecule has 94 valence electrons. The average molecular weight is 236 g/mol. The summed E-state index contributed by atoms with van der Waals surface area (Å²) in [6, 6.07) is 3.58. The van der Waals surface area contributed by atoms with E-state index in [0.717, 1.165) is 25.0 Å². The number of aliphatic hydroxyl groups excluding tert-OH is 1. The van der Waals surface area contributed by atoms with Gasteiger partial charge in [-0.25, -0.2) is 0 Å². The Labute approximate surface area is 102 Å². The molecular formula is C13H20N2O2. The predicted molar refractivity (Wildman–Crippen MR) is 66.9 cm³/mol. The van der Waals surface area contributed by atoms with Crippen molar-refractivity contribution in [2.24, 2.45) is 0 Å². The highest BCUT2D eigenvalue weighted by atomic mass is 16.2. The second-order valence-electron chi connectivity index (χ2n) is 4.15. The average Bonchev–Trinajstić information content (AvgIpc) is 2.34. The zero-order valence-electron chi connectivity index (χ0n) is 10.5. The standard InChI is InChI=1S/C13H20N2O2/c1-11-12(7-6-8-14-11)13(17)15(2)9-4-3-5-10-16/h6-8,16H,3-5,9-10H2,1-2H3. The molecule has 0 unspecified atom stereocenters. The maximum atomic E-state index is 12.1. The topological polar surface area (TPSA) is 53.4 Å². The first kappa shape index (κ1) is 13.6. The van der Waals surface area contributed by atoms with E-state index in [1.54, 1.807) is 30.3 Å². The summed E-state index contributed by atoms with van der Waals surface area (Å²) >= 11 is 0. The number of nitrogens with zero attached hydrogens (tertiary/aromatic N) is 2. The van der Waals surface area contributed by atoms with Gasteiger partial charge >= 0.3 is 0 Å². The van der Waals surface area contributed by atoms with E-state index in [4.69, 9.17) is 5.11 Å². The summed E-state index contributed by atoms with van der Waals surface area (Å²) < 4.78 is 0. The largest absolute Gasteiger partial charge is 0.396 e. The van der Waals surface area contributed by atoms with E-state index >= 15 is 0 Å². The second kappa shape index (κ2) is 7.01. The minimum atomic E-state index is 0.0135. The van der Waals surface area contributed by atoms with Crippen LogP contribution in [-0.2, 0) is 0 Å². The summed E-state index contributed by atoms with van der Waals surface area (Å²) in [6.07, 6.45) is 4.35. The van der Waals surface area contributed by atoms with Crippen molar-refractivity contribution in [1.82, 2.24) is 9.88 Å². The van der Waals surface area contributed by atoms with E-state index in [9.17, 15) is 4.79 Å². The lowest BCUT2D eigenvalue weighted by Gasteiger charge is -2.17. The summed E-state index contributed by atoms with van der Waals surface area (Å²) in [5.41, 5.74) is 1.43. The third-order valence-corrected chi connectivity index (χ3v) is 2.74. The number of rotatable bonds is 6. The summed E-state index contributed by atoms with van der Waals surface area (Å²) in [7, 11) is 1.80. The second-order valence-corrected chi connectivity index (χ2v) is 4.15. The number of pyridine rings is 1. The van der Waals surface area contributed by atoms with Gasteiger partial charge in [0, 0.05) is 32.1 Å². The molecule has 4 heteroatoms. The molecule has 0 saturated carbocycles. The van der Waals surface area contributed by atoms with Crippen LogP contribution in [0.25, 0.3) is 0 Å². The number of unbranched alkanes of at least 4 members (excludes halogenated alkanes) is 2. The van der Waals surface area contributed by atoms with Crippen LogP contribution in [-0.4, -0.2) is 41.1 Å². The van der Waals surface area contributed by atoms with Crippen molar-refractivity contribution >= 4 is 5.91 Å². The number of aryl methyl sites for hydroxylation is 1. The van der Waals surface area contributed by atoms with Crippen LogP contribution in [0.4, 0.5) is 0 Å². The first-order valence-electron chi connectivity index (χ1n) is 5.94. The highest BCUT2D eigenvalue weighted by Gasteiger charge is 2.13. The number of aromatic nitrogens is 1. The number of amides is 1. The third kappa shape index (κ3) is 4.15. The molecule has 0 aliphatic carbocycles. The van der Waals surface area contributed by atoms with Gasteiger partial charge in [-0.15, -0.1) is 0 Å².